The van der Waals surface area contributed by atoms with Crippen molar-refractivity contribution in [3.63, 3.8) is 0 Å². The van der Waals surface area contributed by atoms with Crippen LogP contribution in [0.5, 0.6) is 0 Å². The normalized spacial score (nSPS) is 12.1. The van der Waals surface area contributed by atoms with Crippen LogP contribution < -0.4 is 0 Å². The molecule has 61 heavy (non-hydrogen) atoms. The van der Waals surface area contributed by atoms with Crippen molar-refractivity contribution in [2.24, 2.45) is 0 Å². The van der Waals surface area contributed by atoms with Gasteiger partial charge in [0, 0.05) is 19.3 Å². The summed E-state index contributed by atoms with van der Waals surface area (Å²) in [5.41, 5.74) is 0. The molecule has 0 aliphatic rings. The molecule has 0 radical (unpaired) electrons. The third-order valence-electron chi connectivity index (χ3n) is 11.9. The van der Waals surface area contributed by atoms with Crippen LogP contribution in [0.25, 0.3) is 0 Å². The van der Waals surface area contributed by atoms with Crippen LogP contribution in [0, 0.1) is 0 Å². The molecule has 358 valence electrons. The number of allylic oxidation sites excluding steroid dienone is 4. The maximum Gasteiger partial charge on any atom is 0.306 e. The Bertz CT molecular complexity index is 989. The first kappa shape index (κ1) is 58.9. The molecule has 0 N–H and O–H groups in total. The molecule has 6 heteroatoms. The van der Waals surface area contributed by atoms with Crippen molar-refractivity contribution in [2.75, 3.05) is 13.2 Å². The quantitative estimate of drug-likeness (QED) is 0.0262. The first-order valence-electron chi connectivity index (χ1n) is 26.8. The molecule has 0 spiro atoms. The summed E-state index contributed by atoms with van der Waals surface area (Å²) in [6, 6.07) is 0. The molecular weight excluding hydrogens is 757 g/mol. The predicted octanol–water partition coefficient (Wildman–Crippen LogP) is 17.5. The maximum atomic E-state index is 12.8. The summed E-state index contributed by atoms with van der Waals surface area (Å²) in [6.07, 6.45) is 57.3. The molecule has 0 saturated carbocycles. The fourth-order valence-corrected chi connectivity index (χ4v) is 7.84. The average Bonchev–Trinajstić information content (AvgIpc) is 3.26. The van der Waals surface area contributed by atoms with Gasteiger partial charge in [-0.05, 0) is 70.6 Å². The van der Waals surface area contributed by atoms with Gasteiger partial charge < -0.3 is 14.2 Å². The van der Waals surface area contributed by atoms with Crippen LogP contribution in [0.15, 0.2) is 24.3 Å². The minimum atomic E-state index is -0.774. The van der Waals surface area contributed by atoms with Gasteiger partial charge in [0.1, 0.15) is 13.2 Å². The Hall–Kier alpha value is -2.11. The maximum absolute atomic E-state index is 12.8. The lowest BCUT2D eigenvalue weighted by molar-refractivity contribution is -0.167. The van der Waals surface area contributed by atoms with E-state index < -0.39 is 6.10 Å². The Balaban J connectivity index is 4.37. The lowest BCUT2D eigenvalue weighted by Crippen LogP contribution is -2.30. The molecule has 0 amide bonds. The smallest absolute Gasteiger partial charge is 0.306 e. The number of unbranched alkanes of at least 4 members (excludes halogenated alkanes) is 34. The summed E-state index contributed by atoms with van der Waals surface area (Å²) in [4.78, 5) is 38.0. The highest BCUT2D eigenvalue weighted by Crippen LogP contribution is 2.15. The van der Waals surface area contributed by atoms with Crippen molar-refractivity contribution in [2.45, 2.75) is 297 Å². The van der Waals surface area contributed by atoms with Crippen molar-refractivity contribution in [3.8, 4) is 0 Å². The number of hydrogen-bond acceptors (Lipinski definition) is 6. The minimum absolute atomic E-state index is 0.0733. The number of ether oxygens (including phenoxy) is 3. The molecule has 0 rings (SSSR count). The highest BCUT2D eigenvalue weighted by atomic mass is 16.6. The molecule has 0 fully saturated rings. The molecule has 0 heterocycles. The molecule has 0 aliphatic carbocycles. The monoisotopic (exact) mass is 859 g/mol. The van der Waals surface area contributed by atoms with Crippen LogP contribution in [0.1, 0.15) is 290 Å². The topological polar surface area (TPSA) is 78.9 Å². The largest absolute Gasteiger partial charge is 0.462 e. The van der Waals surface area contributed by atoms with Gasteiger partial charge in [0.2, 0.25) is 0 Å². The molecule has 0 aromatic carbocycles. The third kappa shape index (κ3) is 48.8. The Morgan fingerprint density at radius 3 is 0.820 bits per heavy atom. The summed E-state index contributed by atoms with van der Waals surface area (Å²) in [5, 5.41) is 0. The molecule has 0 aliphatic heterocycles. The first-order chi connectivity index (χ1) is 30.0. The van der Waals surface area contributed by atoms with Crippen molar-refractivity contribution in [3.05, 3.63) is 24.3 Å². The Morgan fingerprint density at radius 1 is 0.311 bits per heavy atom. The van der Waals surface area contributed by atoms with E-state index in [-0.39, 0.29) is 31.1 Å². The Morgan fingerprint density at radius 2 is 0.541 bits per heavy atom. The van der Waals surface area contributed by atoms with Crippen molar-refractivity contribution in [1.82, 2.24) is 0 Å². The highest BCUT2D eigenvalue weighted by molar-refractivity contribution is 5.71. The summed E-state index contributed by atoms with van der Waals surface area (Å²) >= 11 is 0. The van der Waals surface area contributed by atoms with Gasteiger partial charge in [-0.25, -0.2) is 0 Å². The van der Waals surface area contributed by atoms with Gasteiger partial charge in [0.15, 0.2) is 6.10 Å². The third-order valence-corrected chi connectivity index (χ3v) is 11.9. The van der Waals surface area contributed by atoms with Crippen molar-refractivity contribution < 1.29 is 28.6 Å². The Labute approximate surface area is 379 Å². The second kappa shape index (κ2) is 50.5. The second-order valence-corrected chi connectivity index (χ2v) is 18.1. The van der Waals surface area contributed by atoms with Crippen LogP contribution in [0.3, 0.4) is 0 Å². The molecule has 0 bridgehead atoms. The number of carbonyl (C=O) groups is 3. The fourth-order valence-electron chi connectivity index (χ4n) is 7.84. The van der Waals surface area contributed by atoms with E-state index in [1.165, 1.54) is 180 Å². The minimum Gasteiger partial charge on any atom is -0.462 e. The predicted molar refractivity (Wildman–Crippen MR) is 261 cm³/mol. The van der Waals surface area contributed by atoms with E-state index in [1.807, 2.05) is 0 Å². The molecule has 6 nitrogen and oxygen atoms in total. The first-order valence-corrected chi connectivity index (χ1v) is 26.8. The van der Waals surface area contributed by atoms with Crippen LogP contribution in [-0.2, 0) is 28.6 Å². The number of rotatable bonds is 49. The van der Waals surface area contributed by atoms with Gasteiger partial charge in [-0.1, -0.05) is 225 Å². The molecule has 1 atom stereocenters. The summed E-state index contributed by atoms with van der Waals surface area (Å²) < 4.78 is 16.8. The standard InChI is InChI=1S/C55H102O6/c1-4-7-10-13-16-19-22-25-27-30-33-36-39-42-45-48-54(57)60-51-52(50-59-53(56)47-44-41-38-35-32-29-24-21-18-15-12-9-6-3)61-55(58)49-46-43-40-37-34-31-28-26-23-20-17-14-11-8-5-2/h25-28,52H,4-24,29-51H2,1-3H3/b27-25+,28-26+. The van der Waals surface area contributed by atoms with Crippen LogP contribution in [-0.4, -0.2) is 37.2 Å². The van der Waals surface area contributed by atoms with Gasteiger partial charge >= 0.3 is 17.9 Å². The van der Waals surface area contributed by atoms with Crippen LogP contribution in [0.4, 0.5) is 0 Å². The summed E-state index contributed by atoms with van der Waals surface area (Å²) in [5.74, 6) is -0.876. The molecule has 0 aromatic rings. The summed E-state index contributed by atoms with van der Waals surface area (Å²) in [7, 11) is 0. The van der Waals surface area contributed by atoms with E-state index in [0.717, 1.165) is 70.6 Å². The van der Waals surface area contributed by atoms with Gasteiger partial charge in [-0.2, -0.15) is 0 Å². The van der Waals surface area contributed by atoms with Gasteiger partial charge in [0.05, 0.1) is 0 Å². The molecular formula is C55H102O6. The zero-order valence-electron chi connectivity index (χ0n) is 40.9. The number of esters is 3. The van der Waals surface area contributed by atoms with Gasteiger partial charge in [-0.15, -0.1) is 0 Å². The van der Waals surface area contributed by atoms with E-state index in [2.05, 4.69) is 45.1 Å². The van der Waals surface area contributed by atoms with E-state index in [4.69, 9.17) is 14.2 Å². The zero-order chi connectivity index (χ0) is 44.4. The van der Waals surface area contributed by atoms with Crippen molar-refractivity contribution in [1.29, 1.82) is 0 Å². The molecule has 1 unspecified atom stereocenters. The van der Waals surface area contributed by atoms with Crippen LogP contribution in [0.2, 0.25) is 0 Å². The fraction of sp³-hybridized carbons (Fsp3) is 0.873. The molecule has 0 aromatic heterocycles. The van der Waals surface area contributed by atoms with E-state index in [0.29, 0.717) is 19.3 Å². The Kier molecular flexibility index (Phi) is 48.8. The zero-order valence-corrected chi connectivity index (χ0v) is 40.9. The lowest BCUT2D eigenvalue weighted by Gasteiger charge is -2.18. The van der Waals surface area contributed by atoms with Crippen molar-refractivity contribution >= 4 is 17.9 Å². The molecule has 0 saturated heterocycles. The lowest BCUT2D eigenvalue weighted by atomic mass is 10.0. The van der Waals surface area contributed by atoms with E-state index in [9.17, 15) is 14.4 Å². The highest BCUT2D eigenvalue weighted by Gasteiger charge is 2.19. The SMILES string of the molecule is CCCCCCCC/C=C/CCCCCCCC(=O)OCC(COC(=O)CCCCCCCCCCCCCCC)OC(=O)CCCCCCC/C=C/CCCCCCCC. The van der Waals surface area contributed by atoms with Crippen LogP contribution >= 0.6 is 0 Å². The number of carbonyl (C=O) groups excluding carboxylic acids is 3. The van der Waals surface area contributed by atoms with E-state index in [1.54, 1.807) is 0 Å². The van der Waals surface area contributed by atoms with Gasteiger partial charge in [-0.3, -0.25) is 14.4 Å². The van der Waals surface area contributed by atoms with E-state index >= 15 is 0 Å². The number of hydrogen-bond donors (Lipinski definition) is 0. The summed E-state index contributed by atoms with van der Waals surface area (Å²) in [6.45, 7) is 6.64. The average molecular weight is 859 g/mol. The second-order valence-electron chi connectivity index (χ2n) is 18.1. The van der Waals surface area contributed by atoms with Gasteiger partial charge in [0.25, 0.3) is 0 Å².